The minimum atomic E-state index is 0.304. The lowest BCUT2D eigenvalue weighted by atomic mass is 10.0. The first-order chi connectivity index (χ1) is 7.76. The number of aliphatic hydroxyl groups is 1. The highest BCUT2D eigenvalue weighted by Gasteiger charge is 2.17. The van der Waals surface area contributed by atoms with Gasteiger partial charge in [-0.15, -0.1) is 0 Å². The summed E-state index contributed by atoms with van der Waals surface area (Å²) in [7, 11) is 0. The number of nitrogens with one attached hydrogen (secondary N) is 1. The molecule has 0 aromatic heterocycles. The van der Waals surface area contributed by atoms with Crippen LogP contribution >= 0.6 is 0 Å². The normalized spacial score (nSPS) is 23.6. The molecule has 1 aliphatic heterocycles. The van der Waals surface area contributed by atoms with Crippen LogP contribution in [-0.2, 0) is 0 Å². The first-order valence-corrected chi connectivity index (χ1v) is 6.82. The van der Waals surface area contributed by atoms with Gasteiger partial charge in [-0.2, -0.15) is 0 Å². The van der Waals surface area contributed by atoms with Crippen LogP contribution in [0.3, 0.4) is 0 Å². The number of hydrogen-bond acceptors (Lipinski definition) is 3. The summed E-state index contributed by atoms with van der Waals surface area (Å²) in [4.78, 5) is 2.50. The Kier molecular flexibility index (Phi) is 7.01. The Bertz CT molecular complexity index is 169. The van der Waals surface area contributed by atoms with E-state index in [-0.39, 0.29) is 0 Å². The topological polar surface area (TPSA) is 35.5 Å². The summed E-state index contributed by atoms with van der Waals surface area (Å²) in [6, 6.07) is 0.672. The summed E-state index contributed by atoms with van der Waals surface area (Å²) >= 11 is 0. The minimum absolute atomic E-state index is 0.304. The fraction of sp³-hybridized carbons (Fsp3) is 1.00. The van der Waals surface area contributed by atoms with E-state index < -0.39 is 0 Å². The van der Waals surface area contributed by atoms with E-state index >= 15 is 0 Å². The third kappa shape index (κ3) is 5.28. The molecule has 1 saturated heterocycles. The Hall–Kier alpha value is -0.120. The van der Waals surface area contributed by atoms with Gasteiger partial charge in [0.1, 0.15) is 0 Å². The Morgan fingerprint density at radius 1 is 1.44 bits per heavy atom. The molecule has 2 N–H and O–H groups in total. The maximum Gasteiger partial charge on any atom is 0.0468 e. The van der Waals surface area contributed by atoms with Gasteiger partial charge in [-0.1, -0.05) is 20.3 Å². The van der Waals surface area contributed by atoms with E-state index in [1.54, 1.807) is 0 Å². The zero-order valence-electron chi connectivity index (χ0n) is 10.9. The van der Waals surface area contributed by atoms with Gasteiger partial charge in [0.25, 0.3) is 0 Å². The van der Waals surface area contributed by atoms with E-state index in [4.69, 9.17) is 5.11 Å². The molecule has 0 aromatic carbocycles. The average Bonchev–Trinajstić information content (AvgIpc) is 2.30. The first kappa shape index (κ1) is 13.9. The molecular formula is C13H28N2O. The van der Waals surface area contributed by atoms with Crippen molar-refractivity contribution in [2.24, 2.45) is 5.92 Å². The molecule has 0 aliphatic carbocycles. The fourth-order valence-corrected chi connectivity index (χ4v) is 2.46. The zero-order valence-corrected chi connectivity index (χ0v) is 10.9. The van der Waals surface area contributed by atoms with E-state index in [1.807, 2.05) is 0 Å². The van der Waals surface area contributed by atoms with E-state index in [2.05, 4.69) is 24.1 Å². The van der Waals surface area contributed by atoms with Crippen LogP contribution in [0.15, 0.2) is 0 Å². The minimum Gasteiger partial charge on any atom is -0.396 e. The second kappa shape index (κ2) is 8.04. The van der Waals surface area contributed by atoms with Crippen molar-refractivity contribution in [3.05, 3.63) is 0 Å². The number of rotatable bonds is 7. The molecule has 2 atom stereocenters. The Morgan fingerprint density at radius 2 is 2.25 bits per heavy atom. The van der Waals surface area contributed by atoms with Gasteiger partial charge < -0.3 is 15.3 Å². The van der Waals surface area contributed by atoms with Crippen molar-refractivity contribution >= 4 is 0 Å². The molecule has 0 spiro atoms. The van der Waals surface area contributed by atoms with Crippen molar-refractivity contribution in [1.82, 2.24) is 10.2 Å². The van der Waals surface area contributed by atoms with Crippen molar-refractivity contribution in [2.75, 3.05) is 32.8 Å². The van der Waals surface area contributed by atoms with Gasteiger partial charge in [-0.25, -0.2) is 0 Å². The van der Waals surface area contributed by atoms with Crippen LogP contribution in [0, 0.1) is 5.92 Å². The maximum absolute atomic E-state index is 9.12. The Balaban J connectivity index is 2.30. The van der Waals surface area contributed by atoms with Gasteiger partial charge in [0.2, 0.25) is 0 Å². The molecular weight excluding hydrogens is 200 g/mol. The van der Waals surface area contributed by atoms with E-state index in [1.165, 1.54) is 32.2 Å². The molecule has 96 valence electrons. The average molecular weight is 228 g/mol. The second-order valence-corrected chi connectivity index (χ2v) is 5.19. The third-order valence-electron chi connectivity index (χ3n) is 3.31. The van der Waals surface area contributed by atoms with E-state index in [0.29, 0.717) is 18.6 Å². The SMILES string of the molecule is CCCN(CC(C)CO)CC1CCCCN1. The highest BCUT2D eigenvalue weighted by molar-refractivity contribution is 4.76. The molecule has 3 heteroatoms. The van der Waals surface area contributed by atoms with Crippen LogP contribution in [0.1, 0.15) is 39.5 Å². The summed E-state index contributed by atoms with van der Waals surface area (Å²) in [5.74, 6) is 0.398. The molecule has 1 aliphatic rings. The zero-order chi connectivity index (χ0) is 11.8. The highest BCUT2D eigenvalue weighted by atomic mass is 16.3. The molecule has 0 amide bonds. The molecule has 2 unspecified atom stereocenters. The predicted octanol–water partition coefficient (Wildman–Crippen LogP) is 1.47. The van der Waals surface area contributed by atoms with Gasteiger partial charge in [0, 0.05) is 25.7 Å². The smallest absolute Gasteiger partial charge is 0.0468 e. The van der Waals surface area contributed by atoms with Crippen LogP contribution in [0.4, 0.5) is 0 Å². The van der Waals surface area contributed by atoms with Crippen molar-refractivity contribution in [3.8, 4) is 0 Å². The summed E-state index contributed by atoms with van der Waals surface area (Å²) in [5.41, 5.74) is 0. The van der Waals surface area contributed by atoms with Crippen molar-refractivity contribution in [2.45, 2.75) is 45.6 Å². The van der Waals surface area contributed by atoms with Crippen molar-refractivity contribution in [3.63, 3.8) is 0 Å². The predicted molar refractivity (Wildman–Crippen MR) is 68.6 cm³/mol. The summed E-state index contributed by atoms with van der Waals surface area (Å²) in [5, 5.41) is 12.7. The Morgan fingerprint density at radius 3 is 2.81 bits per heavy atom. The Labute approximate surface area is 100 Å². The lowest BCUT2D eigenvalue weighted by Gasteiger charge is -2.31. The summed E-state index contributed by atoms with van der Waals surface area (Å²) < 4.78 is 0. The molecule has 0 bridgehead atoms. The monoisotopic (exact) mass is 228 g/mol. The molecule has 0 saturated carbocycles. The number of nitrogens with zero attached hydrogens (tertiary/aromatic N) is 1. The largest absolute Gasteiger partial charge is 0.396 e. The first-order valence-electron chi connectivity index (χ1n) is 6.82. The van der Waals surface area contributed by atoms with Gasteiger partial charge in [0.05, 0.1) is 0 Å². The standard InChI is InChI=1S/C13H28N2O/c1-3-8-15(9-12(2)11-16)10-13-6-4-5-7-14-13/h12-14,16H,3-11H2,1-2H3. The van der Waals surface area contributed by atoms with Crippen molar-refractivity contribution < 1.29 is 5.11 Å². The maximum atomic E-state index is 9.12. The van der Waals surface area contributed by atoms with E-state index in [0.717, 1.165) is 19.6 Å². The van der Waals surface area contributed by atoms with Gasteiger partial charge in [-0.3, -0.25) is 0 Å². The molecule has 16 heavy (non-hydrogen) atoms. The second-order valence-electron chi connectivity index (χ2n) is 5.19. The van der Waals surface area contributed by atoms with Gasteiger partial charge in [0.15, 0.2) is 0 Å². The van der Waals surface area contributed by atoms with Crippen LogP contribution in [0.2, 0.25) is 0 Å². The molecule has 1 heterocycles. The highest BCUT2D eigenvalue weighted by Crippen LogP contribution is 2.10. The van der Waals surface area contributed by atoms with Gasteiger partial charge >= 0.3 is 0 Å². The number of piperidine rings is 1. The lowest BCUT2D eigenvalue weighted by Crippen LogP contribution is -2.45. The molecule has 1 rings (SSSR count). The van der Waals surface area contributed by atoms with E-state index in [9.17, 15) is 0 Å². The molecule has 1 fully saturated rings. The van der Waals surface area contributed by atoms with Crippen molar-refractivity contribution in [1.29, 1.82) is 0 Å². The van der Waals surface area contributed by atoms with Crippen LogP contribution in [0.5, 0.6) is 0 Å². The molecule has 3 nitrogen and oxygen atoms in total. The van der Waals surface area contributed by atoms with Crippen LogP contribution in [0.25, 0.3) is 0 Å². The summed E-state index contributed by atoms with van der Waals surface area (Å²) in [6.07, 6.45) is 5.21. The van der Waals surface area contributed by atoms with Crippen LogP contribution in [-0.4, -0.2) is 48.8 Å². The fourth-order valence-electron chi connectivity index (χ4n) is 2.46. The van der Waals surface area contributed by atoms with Crippen LogP contribution < -0.4 is 5.32 Å². The molecule has 0 radical (unpaired) electrons. The quantitative estimate of drug-likeness (QED) is 0.692. The number of aliphatic hydroxyl groups excluding tert-OH is 1. The lowest BCUT2D eigenvalue weighted by molar-refractivity contribution is 0.157. The third-order valence-corrected chi connectivity index (χ3v) is 3.31. The number of hydrogen-bond donors (Lipinski definition) is 2. The summed E-state index contributed by atoms with van der Waals surface area (Å²) in [6.45, 7) is 9.17. The molecule has 0 aromatic rings. The van der Waals surface area contributed by atoms with Gasteiger partial charge in [-0.05, 0) is 38.3 Å².